The van der Waals surface area contributed by atoms with Gasteiger partial charge < -0.3 is 0 Å². The molecule has 3 aromatic heterocycles. The zero-order chi connectivity index (χ0) is 20.8. The fourth-order valence-corrected chi connectivity index (χ4v) is 4.18. The van der Waals surface area contributed by atoms with Gasteiger partial charge in [-0.1, -0.05) is 29.5 Å². The Morgan fingerprint density at radius 3 is 2.52 bits per heavy atom. The van der Waals surface area contributed by atoms with Crippen LogP contribution in [0.4, 0.5) is 24.8 Å². The molecule has 3 heterocycles. The first-order valence-corrected chi connectivity index (χ1v) is 10.8. The number of anilines is 2. The topological polar surface area (TPSA) is 80.5 Å². The Morgan fingerprint density at radius 2 is 1.90 bits per heavy atom. The molecule has 4 aromatic rings. The number of hydrogen-bond acceptors (Lipinski definition) is 7. The fourth-order valence-electron chi connectivity index (χ4n) is 2.64. The smallest absolute Gasteiger partial charge is 0.239 e. The molecule has 0 amide bonds. The first-order chi connectivity index (χ1) is 13.6. The van der Waals surface area contributed by atoms with Crippen LogP contribution >= 0.6 is 11.3 Å². The molecule has 0 aliphatic heterocycles. The molecule has 0 atom stereocenters. The molecular weight excluding hydrogens is 427 g/mol. The molecule has 7 nitrogen and oxygen atoms in total. The number of sulfone groups is 1. The molecule has 0 spiro atoms. The van der Waals surface area contributed by atoms with Crippen LogP contribution < -0.4 is 4.90 Å². The zero-order valence-corrected chi connectivity index (χ0v) is 16.3. The van der Waals surface area contributed by atoms with Gasteiger partial charge in [-0.05, 0) is 24.3 Å². The maximum absolute atomic E-state index is 13.6. The van der Waals surface area contributed by atoms with Crippen molar-refractivity contribution in [1.29, 1.82) is 0 Å². The standard InChI is InChI=1S/C17H12F3N5O2S2/c1-29(26,27)12-6-4-5-11(9-12)15-23-24-10-14(22-16(24)28-15)25(17(18,19)20)13-7-2-3-8-21-13/h2-10H,1H3. The van der Waals surface area contributed by atoms with Gasteiger partial charge in [0, 0.05) is 18.0 Å². The fraction of sp³-hybridized carbons (Fsp3) is 0.118. The summed E-state index contributed by atoms with van der Waals surface area (Å²) in [5.74, 6) is -0.682. The molecule has 0 unspecified atom stereocenters. The quantitative estimate of drug-likeness (QED) is 0.449. The zero-order valence-electron chi connectivity index (χ0n) is 14.7. The van der Waals surface area contributed by atoms with E-state index in [0.717, 1.165) is 23.8 Å². The third-order valence-corrected chi connectivity index (χ3v) is 5.98. The number of halogens is 3. The van der Waals surface area contributed by atoms with Crippen molar-refractivity contribution in [3.8, 4) is 10.6 Å². The van der Waals surface area contributed by atoms with Crippen molar-refractivity contribution >= 4 is 37.8 Å². The third kappa shape index (κ3) is 3.80. The summed E-state index contributed by atoms with van der Waals surface area (Å²) in [5, 5.41) is 4.68. The van der Waals surface area contributed by atoms with Crippen LogP contribution in [0.25, 0.3) is 15.5 Å². The molecule has 0 fully saturated rings. The molecule has 0 aliphatic carbocycles. The van der Waals surface area contributed by atoms with Gasteiger partial charge >= 0.3 is 6.30 Å². The largest absolute Gasteiger partial charge is 0.491 e. The van der Waals surface area contributed by atoms with E-state index in [4.69, 9.17) is 0 Å². The number of nitrogens with zero attached hydrogens (tertiary/aromatic N) is 5. The summed E-state index contributed by atoms with van der Waals surface area (Å²) in [7, 11) is -3.40. The van der Waals surface area contributed by atoms with Crippen LogP contribution in [0.3, 0.4) is 0 Å². The highest BCUT2D eigenvalue weighted by Crippen LogP contribution is 2.36. The van der Waals surface area contributed by atoms with Crippen molar-refractivity contribution in [3.63, 3.8) is 0 Å². The van der Waals surface area contributed by atoms with E-state index in [0.29, 0.717) is 10.6 Å². The van der Waals surface area contributed by atoms with Gasteiger partial charge in [-0.2, -0.15) is 10.1 Å². The molecule has 1 aromatic carbocycles. The van der Waals surface area contributed by atoms with E-state index in [1.807, 2.05) is 0 Å². The lowest BCUT2D eigenvalue weighted by molar-refractivity contribution is -0.121. The van der Waals surface area contributed by atoms with Gasteiger partial charge in [0.15, 0.2) is 15.7 Å². The van der Waals surface area contributed by atoms with Crippen LogP contribution in [0.1, 0.15) is 0 Å². The van der Waals surface area contributed by atoms with Crippen molar-refractivity contribution in [2.75, 3.05) is 11.2 Å². The summed E-state index contributed by atoms with van der Waals surface area (Å²) in [6, 6.07) is 10.4. The summed E-state index contributed by atoms with van der Waals surface area (Å²) in [6.07, 6.45) is -1.23. The summed E-state index contributed by atoms with van der Waals surface area (Å²) in [6.45, 7) is 0. The average Bonchev–Trinajstić information content (AvgIpc) is 3.20. The van der Waals surface area contributed by atoms with E-state index in [1.54, 1.807) is 12.1 Å². The number of pyridine rings is 1. The SMILES string of the molecule is CS(=O)(=O)c1cccc(-c2nn3cc(N(c4ccccn4)C(F)(F)F)nc3s2)c1. The maximum Gasteiger partial charge on any atom is 0.491 e. The normalized spacial score (nSPS) is 12.4. The highest BCUT2D eigenvalue weighted by Gasteiger charge is 2.41. The minimum absolute atomic E-state index is 0.0678. The van der Waals surface area contributed by atoms with Crippen LogP contribution in [0, 0.1) is 0 Å². The molecule has 0 saturated carbocycles. The van der Waals surface area contributed by atoms with Gasteiger partial charge in [0.05, 0.1) is 11.1 Å². The van der Waals surface area contributed by atoms with E-state index in [-0.39, 0.29) is 26.4 Å². The lowest BCUT2D eigenvalue weighted by atomic mass is 10.2. The number of imidazole rings is 1. The molecule has 12 heteroatoms. The predicted molar refractivity (Wildman–Crippen MR) is 102 cm³/mol. The van der Waals surface area contributed by atoms with Crippen LogP contribution in [0.5, 0.6) is 0 Å². The van der Waals surface area contributed by atoms with E-state index >= 15 is 0 Å². The van der Waals surface area contributed by atoms with Gasteiger partial charge in [0.1, 0.15) is 10.8 Å². The average molecular weight is 439 g/mol. The van der Waals surface area contributed by atoms with Crippen LogP contribution in [-0.2, 0) is 9.84 Å². The Labute approximate surface area is 167 Å². The number of benzene rings is 1. The summed E-state index contributed by atoms with van der Waals surface area (Å²) >= 11 is 1.05. The Hall–Kier alpha value is -2.99. The Bertz CT molecular complexity index is 1250. The molecule has 0 bridgehead atoms. The summed E-state index contributed by atoms with van der Waals surface area (Å²) in [5.41, 5.74) is 0.530. The minimum atomic E-state index is -4.73. The summed E-state index contributed by atoms with van der Waals surface area (Å²) in [4.78, 5) is 8.22. The first kappa shape index (κ1) is 19.3. The van der Waals surface area contributed by atoms with Crippen molar-refractivity contribution in [2.45, 2.75) is 11.2 Å². The molecule has 150 valence electrons. The molecule has 29 heavy (non-hydrogen) atoms. The molecule has 0 N–H and O–H groups in total. The molecule has 4 rings (SSSR count). The lowest BCUT2D eigenvalue weighted by Gasteiger charge is -2.23. The number of hydrogen-bond donors (Lipinski definition) is 0. The second-order valence-electron chi connectivity index (χ2n) is 6.02. The molecule has 0 radical (unpaired) electrons. The van der Waals surface area contributed by atoms with Crippen molar-refractivity contribution in [2.24, 2.45) is 0 Å². The van der Waals surface area contributed by atoms with E-state index < -0.39 is 16.1 Å². The van der Waals surface area contributed by atoms with E-state index in [2.05, 4.69) is 15.1 Å². The summed E-state index contributed by atoms with van der Waals surface area (Å²) < 4.78 is 65.5. The second kappa shape index (κ2) is 6.81. The van der Waals surface area contributed by atoms with Gasteiger partial charge in [-0.25, -0.2) is 22.8 Å². The second-order valence-corrected chi connectivity index (χ2v) is 9.00. The number of alkyl halides is 3. The van der Waals surface area contributed by atoms with Gasteiger partial charge in [0.25, 0.3) is 0 Å². The Balaban J connectivity index is 1.75. The van der Waals surface area contributed by atoms with Gasteiger partial charge in [-0.15, -0.1) is 13.2 Å². The first-order valence-electron chi connectivity index (χ1n) is 8.07. The predicted octanol–water partition coefficient (Wildman–Crippen LogP) is 3.91. The van der Waals surface area contributed by atoms with E-state index in [1.165, 1.54) is 41.0 Å². The van der Waals surface area contributed by atoms with Crippen LogP contribution in [0.2, 0.25) is 0 Å². The number of fused-ring (bicyclic) bond motifs is 1. The van der Waals surface area contributed by atoms with Crippen LogP contribution in [0.15, 0.2) is 59.8 Å². The van der Waals surface area contributed by atoms with Gasteiger partial charge in [-0.3, -0.25) is 0 Å². The van der Waals surface area contributed by atoms with Crippen molar-refractivity contribution in [1.82, 2.24) is 19.6 Å². The molecule has 0 saturated heterocycles. The minimum Gasteiger partial charge on any atom is -0.239 e. The molecular formula is C17H12F3N5O2S2. The Morgan fingerprint density at radius 1 is 1.10 bits per heavy atom. The Kier molecular flexibility index (Phi) is 4.54. The van der Waals surface area contributed by atoms with E-state index in [9.17, 15) is 21.6 Å². The number of rotatable bonds is 4. The highest BCUT2D eigenvalue weighted by atomic mass is 32.2. The maximum atomic E-state index is 13.6. The highest BCUT2D eigenvalue weighted by molar-refractivity contribution is 7.90. The third-order valence-electron chi connectivity index (χ3n) is 3.90. The molecule has 0 aliphatic rings. The van der Waals surface area contributed by atoms with Gasteiger partial charge in [0.2, 0.25) is 4.96 Å². The lowest BCUT2D eigenvalue weighted by Crippen LogP contribution is -2.34. The monoisotopic (exact) mass is 439 g/mol. The van der Waals surface area contributed by atoms with Crippen molar-refractivity contribution < 1.29 is 21.6 Å². The number of aromatic nitrogens is 4. The van der Waals surface area contributed by atoms with Crippen LogP contribution in [-0.4, -0.2) is 40.6 Å². The van der Waals surface area contributed by atoms with Crippen molar-refractivity contribution in [3.05, 3.63) is 54.9 Å².